The molecule has 0 spiro atoms. The summed E-state index contributed by atoms with van der Waals surface area (Å²) in [7, 11) is 2.27. The first-order valence-electron chi connectivity index (χ1n) is 5.43. The van der Waals surface area contributed by atoms with Crippen molar-refractivity contribution >= 4 is 0 Å². The van der Waals surface area contributed by atoms with Crippen molar-refractivity contribution in [2.24, 2.45) is 0 Å². The minimum absolute atomic E-state index is 0. The van der Waals surface area contributed by atoms with Gasteiger partial charge in [-0.2, -0.15) is 0 Å². The first-order chi connectivity index (χ1) is 6.59. The van der Waals surface area contributed by atoms with Crippen LogP contribution in [0.4, 0.5) is 0 Å². The SMILES string of the molecule is C.CN1C2(C)CCC1(C)c1ccccc12. The van der Waals surface area contributed by atoms with Gasteiger partial charge in [0.25, 0.3) is 0 Å². The van der Waals surface area contributed by atoms with Gasteiger partial charge in [-0.15, -0.1) is 0 Å². The summed E-state index contributed by atoms with van der Waals surface area (Å²) in [4.78, 5) is 2.56. The summed E-state index contributed by atoms with van der Waals surface area (Å²) in [5, 5.41) is 0. The number of fused-ring (bicyclic) bond motifs is 5. The highest BCUT2D eigenvalue weighted by atomic mass is 15.3. The lowest BCUT2D eigenvalue weighted by Gasteiger charge is -2.31. The second-order valence-electron chi connectivity index (χ2n) is 5.15. The fourth-order valence-corrected chi connectivity index (χ4v) is 3.42. The van der Waals surface area contributed by atoms with E-state index in [1.807, 2.05) is 0 Å². The van der Waals surface area contributed by atoms with Gasteiger partial charge >= 0.3 is 0 Å². The van der Waals surface area contributed by atoms with E-state index < -0.39 is 0 Å². The van der Waals surface area contributed by atoms with Gasteiger partial charge in [-0.1, -0.05) is 31.7 Å². The van der Waals surface area contributed by atoms with Crippen LogP contribution in [0.3, 0.4) is 0 Å². The quantitative estimate of drug-likeness (QED) is 0.624. The van der Waals surface area contributed by atoms with Crippen LogP contribution in [-0.2, 0) is 11.1 Å². The molecule has 1 heteroatoms. The summed E-state index contributed by atoms with van der Waals surface area (Å²) in [6.07, 6.45) is 2.61. The van der Waals surface area contributed by atoms with E-state index in [0.29, 0.717) is 11.1 Å². The molecule has 2 aliphatic rings. The molecule has 2 bridgehead atoms. The zero-order valence-corrected chi connectivity index (χ0v) is 9.17. The molecule has 2 unspecified atom stereocenters. The Balaban J connectivity index is 0.000000853. The Morgan fingerprint density at radius 1 is 1.00 bits per heavy atom. The molecule has 1 aromatic carbocycles. The highest BCUT2D eigenvalue weighted by molar-refractivity contribution is 5.46. The molecule has 1 fully saturated rings. The zero-order chi connectivity index (χ0) is 9.97. The third-order valence-electron chi connectivity index (χ3n) is 4.67. The first kappa shape index (κ1) is 10.7. The average molecular weight is 203 g/mol. The number of nitrogens with zero attached hydrogens (tertiary/aromatic N) is 1. The van der Waals surface area contributed by atoms with E-state index in [-0.39, 0.29) is 7.43 Å². The monoisotopic (exact) mass is 203 g/mol. The molecule has 2 atom stereocenters. The second-order valence-corrected chi connectivity index (χ2v) is 5.15. The molecule has 0 saturated carbocycles. The minimum atomic E-state index is 0. The van der Waals surface area contributed by atoms with Crippen LogP contribution in [-0.4, -0.2) is 11.9 Å². The Labute approximate surface area is 93.1 Å². The van der Waals surface area contributed by atoms with Gasteiger partial charge in [-0.05, 0) is 44.9 Å². The summed E-state index contributed by atoms with van der Waals surface area (Å²) in [6.45, 7) is 4.76. The van der Waals surface area contributed by atoms with Crippen molar-refractivity contribution in [1.29, 1.82) is 0 Å². The molecular formula is C14H21N. The van der Waals surface area contributed by atoms with Crippen molar-refractivity contribution in [2.45, 2.75) is 45.2 Å². The van der Waals surface area contributed by atoms with Gasteiger partial charge in [-0.3, -0.25) is 4.90 Å². The van der Waals surface area contributed by atoms with Crippen molar-refractivity contribution in [3.8, 4) is 0 Å². The van der Waals surface area contributed by atoms with E-state index in [1.54, 1.807) is 11.1 Å². The normalized spacial score (nSPS) is 37.5. The number of hydrogen-bond acceptors (Lipinski definition) is 1. The Hall–Kier alpha value is -0.820. The maximum atomic E-state index is 2.56. The summed E-state index contributed by atoms with van der Waals surface area (Å²) in [6, 6.07) is 8.94. The lowest BCUT2D eigenvalue weighted by molar-refractivity contribution is 0.120. The highest BCUT2D eigenvalue weighted by Crippen LogP contribution is 2.58. The van der Waals surface area contributed by atoms with Gasteiger partial charge in [0.2, 0.25) is 0 Å². The molecule has 0 radical (unpaired) electrons. The van der Waals surface area contributed by atoms with Crippen molar-refractivity contribution in [2.75, 3.05) is 7.05 Å². The smallest absolute Gasteiger partial charge is 0.0442 e. The topological polar surface area (TPSA) is 3.24 Å². The molecule has 1 aromatic rings. The van der Waals surface area contributed by atoms with Gasteiger partial charge in [0.15, 0.2) is 0 Å². The fourth-order valence-electron chi connectivity index (χ4n) is 3.42. The molecule has 3 rings (SSSR count). The van der Waals surface area contributed by atoms with E-state index in [0.717, 1.165) is 0 Å². The molecular weight excluding hydrogens is 182 g/mol. The van der Waals surface area contributed by atoms with Crippen molar-refractivity contribution < 1.29 is 0 Å². The summed E-state index contributed by atoms with van der Waals surface area (Å²) < 4.78 is 0. The van der Waals surface area contributed by atoms with Gasteiger partial charge < -0.3 is 0 Å². The Morgan fingerprint density at radius 3 is 1.80 bits per heavy atom. The van der Waals surface area contributed by atoms with E-state index >= 15 is 0 Å². The van der Waals surface area contributed by atoms with Gasteiger partial charge in [0.1, 0.15) is 0 Å². The molecule has 2 aliphatic heterocycles. The van der Waals surface area contributed by atoms with Crippen molar-refractivity contribution in [3.05, 3.63) is 35.4 Å². The number of hydrogen-bond donors (Lipinski definition) is 0. The predicted molar refractivity (Wildman–Crippen MR) is 64.9 cm³/mol. The van der Waals surface area contributed by atoms with E-state index in [2.05, 4.69) is 50.1 Å². The van der Waals surface area contributed by atoms with Crippen LogP contribution in [0.15, 0.2) is 24.3 Å². The van der Waals surface area contributed by atoms with Crippen LogP contribution in [0, 0.1) is 0 Å². The molecule has 0 N–H and O–H groups in total. The largest absolute Gasteiger partial charge is 0.287 e. The van der Waals surface area contributed by atoms with Crippen LogP contribution in [0.25, 0.3) is 0 Å². The summed E-state index contributed by atoms with van der Waals surface area (Å²) in [5.74, 6) is 0. The van der Waals surface area contributed by atoms with E-state index in [9.17, 15) is 0 Å². The molecule has 0 amide bonds. The average Bonchev–Trinajstić information content (AvgIpc) is 2.53. The summed E-state index contributed by atoms with van der Waals surface area (Å²) >= 11 is 0. The predicted octanol–water partition coefficient (Wildman–Crippen LogP) is 3.49. The molecule has 82 valence electrons. The third-order valence-corrected chi connectivity index (χ3v) is 4.67. The molecule has 1 nitrogen and oxygen atoms in total. The van der Waals surface area contributed by atoms with Crippen molar-refractivity contribution in [1.82, 2.24) is 4.90 Å². The minimum Gasteiger partial charge on any atom is -0.287 e. The van der Waals surface area contributed by atoms with Crippen LogP contribution >= 0.6 is 0 Å². The van der Waals surface area contributed by atoms with Gasteiger partial charge in [0, 0.05) is 11.1 Å². The number of rotatable bonds is 0. The first-order valence-corrected chi connectivity index (χ1v) is 5.43. The Bertz CT molecular complexity index is 361. The third kappa shape index (κ3) is 0.971. The highest BCUT2D eigenvalue weighted by Gasteiger charge is 2.56. The van der Waals surface area contributed by atoms with Gasteiger partial charge in [-0.25, -0.2) is 0 Å². The molecule has 0 aliphatic carbocycles. The molecule has 1 saturated heterocycles. The molecule has 15 heavy (non-hydrogen) atoms. The second kappa shape index (κ2) is 2.85. The van der Waals surface area contributed by atoms with Crippen LogP contribution < -0.4 is 0 Å². The standard InChI is InChI=1S/C13H17N.CH4/c1-12-8-9-13(2,14(12)3)11-7-5-4-6-10(11)12;/h4-7H,8-9H2,1-3H3;1H4. The van der Waals surface area contributed by atoms with Crippen LogP contribution in [0.2, 0.25) is 0 Å². The van der Waals surface area contributed by atoms with Gasteiger partial charge in [0.05, 0.1) is 0 Å². The zero-order valence-electron chi connectivity index (χ0n) is 9.17. The van der Waals surface area contributed by atoms with Crippen LogP contribution in [0.1, 0.15) is 45.2 Å². The Morgan fingerprint density at radius 2 is 1.40 bits per heavy atom. The Kier molecular flexibility index (Phi) is 2.03. The lowest BCUT2D eigenvalue weighted by Crippen LogP contribution is -2.37. The fraction of sp³-hybridized carbons (Fsp3) is 0.571. The van der Waals surface area contributed by atoms with Crippen molar-refractivity contribution in [3.63, 3.8) is 0 Å². The van der Waals surface area contributed by atoms with E-state index in [1.165, 1.54) is 12.8 Å². The molecule has 2 heterocycles. The summed E-state index contributed by atoms with van der Waals surface area (Å²) in [5.41, 5.74) is 3.70. The van der Waals surface area contributed by atoms with Crippen LogP contribution in [0.5, 0.6) is 0 Å². The number of benzene rings is 1. The maximum absolute atomic E-state index is 2.56. The molecule has 0 aromatic heterocycles. The van der Waals surface area contributed by atoms with E-state index in [4.69, 9.17) is 0 Å². The lowest BCUT2D eigenvalue weighted by atomic mass is 9.78. The maximum Gasteiger partial charge on any atom is 0.0442 e.